The lowest BCUT2D eigenvalue weighted by atomic mass is 10.0. The smallest absolute Gasteiger partial charge is 0.191 e. The van der Waals surface area contributed by atoms with Crippen LogP contribution >= 0.6 is 35.7 Å². The molecule has 1 fully saturated rings. The van der Waals surface area contributed by atoms with Gasteiger partial charge in [0.1, 0.15) is 11.4 Å². The Morgan fingerprint density at radius 1 is 1.45 bits per heavy atom. The van der Waals surface area contributed by atoms with E-state index in [1.807, 2.05) is 11.8 Å². The van der Waals surface area contributed by atoms with E-state index in [9.17, 15) is 5.11 Å². The van der Waals surface area contributed by atoms with Crippen LogP contribution in [0, 0.1) is 5.92 Å². The van der Waals surface area contributed by atoms with Crippen LogP contribution in [0.5, 0.6) is 0 Å². The quantitative estimate of drug-likeness (QED) is 0.374. The van der Waals surface area contributed by atoms with Gasteiger partial charge in [0.2, 0.25) is 0 Å². The van der Waals surface area contributed by atoms with Gasteiger partial charge < -0.3 is 20.2 Å². The fraction of sp³-hybridized carbons (Fsp3) is 0.667. The average Bonchev–Trinajstić information content (AvgIpc) is 3.03. The van der Waals surface area contributed by atoms with Gasteiger partial charge in [-0.05, 0) is 49.3 Å². The average molecular weight is 439 g/mol. The van der Waals surface area contributed by atoms with Gasteiger partial charge in [0.05, 0.1) is 12.8 Å². The summed E-state index contributed by atoms with van der Waals surface area (Å²) in [6, 6.07) is 3.55. The maximum absolute atomic E-state index is 10.4. The number of halogens is 1. The summed E-state index contributed by atoms with van der Waals surface area (Å²) in [5, 5.41) is 16.9. The first kappa shape index (κ1) is 19.6. The highest BCUT2D eigenvalue weighted by molar-refractivity contribution is 14.0. The predicted molar refractivity (Wildman–Crippen MR) is 103 cm³/mol. The second kappa shape index (κ2) is 9.67. The van der Waals surface area contributed by atoms with Gasteiger partial charge in [0.15, 0.2) is 5.96 Å². The predicted octanol–water partition coefficient (Wildman–Crippen LogP) is 2.41. The van der Waals surface area contributed by atoms with E-state index in [4.69, 9.17) is 4.42 Å². The zero-order valence-electron chi connectivity index (χ0n) is 13.2. The molecule has 0 saturated carbocycles. The zero-order chi connectivity index (χ0) is 15.1. The lowest BCUT2D eigenvalue weighted by Gasteiger charge is -2.25. The van der Waals surface area contributed by atoms with E-state index in [0.717, 1.165) is 18.4 Å². The van der Waals surface area contributed by atoms with Crippen LogP contribution in [-0.4, -0.2) is 42.7 Å². The van der Waals surface area contributed by atoms with Crippen molar-refractivity contribution < 1.29 is 9.52 Å². The van der Waals surface area contributed by atoms with Crippen LogP contribution < -0.4 is 10.6 Å². The van der Waals surface area contributed by atoms with Gasteiger partial charge in [-0.15, -0.1) is 24.0 Å². The zero-order valence-corrected chi connectivity index (χ0v) is 16.3. The number of hydrogen-bond donors (Lipinski definition) is 3. The minimum atomic E-state index is -1.05. The van der Waals surface area contributed by atoms with Crippen molar-refractivity contribution in [1.29, 1.82) is 0 Å². The summed E-state index contributed by atoms with van der Waals surface area (Å²) < 4.78 is 5.27. The molecular weight excluding hydrogens is 413 g/mol. The number of rotatable bonds is 5. The molecule has 7 heteroatoms. The Morgan fingerprint density at radius 2 is 2.18 bits per heavy atom. The van der Waals surface area contributed by atoms with Crippen molar-refractivity contribution in [3.63, 3.8) is 0 Å². The van der Waals surface area contributed by atoms with Crippen LogP contribution in [0.15, 0.2) is 27.8 Å². The molecule has 126 valence electrons. The van der Waals surface area contributed by atoms with E-state index >= 15 is 0 Å². The van der Waals surface area contributed by atoms with Crippen molar-refractivity contribution >= 4 is 41.7 Å². The highest BCUT2D eigenvalue weighted by Crippen LogP contribution is 2.22. The van der Waals surface area contributed by atoms with E-state index in [1.165, 1.54) is 24.3 Å². The summed E-state index contributed by atoms with van der Waals surface area (Å²) in [5.74, 6) is 4.50. The molecule has 0 spiro atoms. The largest absolute Gasteiger partial charge is 0.466 e. The van der Waals surface area contributed by atoms with Crippen molar-refractivity contribution in [2.75, 3.05) is 31.6 Å². The molecule has 1 saturated heterocycles. The van der Waals surface area contributed by atoms with Gasteiger partial charge >= 0.3 is 0 Å². The van der Waals surface area contributed by atoms with Crippen LogP contribution in [0.25, 0.3) is 0 Å². The van der Waals surface area contributed by atoms with Crippen molar-refractivity contribution in [3.8, 4) is 0 Å². The van der Waals surface area contributed by atoms with Crippen molar-refractivity contribution in [3.05, 3.63) is 24.2 Å². The Bertz CT molecular complexity index is 446. The molecule has 0 amide bonds. The van der Waals surface area contributed by atoms with Gasteiger partial charge in [-0.1, -0.05) is 0 Å². The monoisotopic (exact) mass is 439 g/mol. The van der Waals surface area contributed by atoms with Gasteiger partial charge in [0, 0.05) is 13.6 Å². The Morgan fingerprint density at radius 3 is 2.77 bits per heavy atom. The Balaban J connectivity index is 0.00000242. The molecule has 1 aliphatic rings. The number of aliphatic hydroxyl groups is 1. The Labute approximate surface area is 153 Å². The second-order valence-electron chi connectivity index (χ2n) is 5.61. The molecule has 0 bridgehead atoms. The molecule has 3 N–H and O–H groups in total. The first-order chi connectivity index (χ1) is 10.1. The molecule has 0 aromatic carbocycles. The highest BCUT2D eigenvalue weighted by atomic mass is 127. The number of thioether (sulfide) groups is 1. The summed E-state index contributed by atoms with van der Waals surface area (Å²) in [7, 11) is 1.74. The fourth-order valence-corrected chi connectivity index (χ4v) is 3.54. The van der Waals surface area contributed by atoms with Crippen LogP contribution in [0.1, 0.15) is 25.5 Å². The van der Waals surface area contributed by atoms with Gasteiger partial charge in [-0.25, -0.2) is 0 Å². The summed E-state index contributed by atoms with van der Waals surface area (Å²) in [5.41, 5.74) is -1.05. The molecule has 5 nitrogen and oxygen atoms in total. The van der Waals surface area contributed by atoms with E-state index in [-0.39, 0.29) is 24.0 Å². The molecule has 1 aromatic heterocycles. The first-order valence-corrected chi connectivity index (χ1v) is 8.56. The van der Waals surface area contributed by atoms with Crippen molar-refractivity contribution in [2.24, 2.45) is 10.9 Å². The lowest BCUT2D eigenvalue weighted by Crippen LogP contribution is -2.45. The lowest BCUT2D eigenvalue weighted by molar-refractivity contribution is 0.0386. The van der Waals surface area contributed by atoms with Crippen molar-refractivity contribution in [1.82, 2.24) is 10.6 Å². The molecular formula is C15H26IN3O2S. The summed E-state index contributed by atoms with van der Waals surface area (Å²) in [6.07, 6.45) is 4.09. The number of guanidine groups is 1. The van der Waals surface area contributed by atoms with E-state index < -0.39 is 5.60 Å². The third kappa shape index (κ3) is 6.00. The molecule has 1 aromatic rings. The number of nitrogens with one attached hydrogen (secondary N) is 2. The normalized spacial score (nSPS) is 19.1. The first-order valence-electron chi connectivity index (χ1n) is 7.40. The van der Waals surface area contributed by atoms with E-state index in [0.29, 0.717) is 12.3 Å². The van der Waals surface area contributed by atoms with Crippen LogP contribution in [-0.2, 0) is 5.60 Å². The summed E-state index contributed by atoms with van der Waals surface area (Å²) in [6.45, 7) is 3.01. The number of aliphatic imine (C=N–C) groups is 1. The third-order valence-electron chi connectivity index (χ3n) is 3.77. The van der Waals surface area contributed by atoms with Gasteiger partial charge in [-0.2, -0.15) is 11.8 Å². The molecule has 2 heterocycles. The molecule has 1 atom stereocenters. The van der Waals surface area contributed by atoms with E-state index in [2.05, 4.69) is 15.6 Å². The summed E-state index contributed by atoms with van der Waals surface area (Å²) >= 11 is 2.03. The Hall–Kier alpha value is -0.410. The summed E-state index contributed by atoms with van der Waals surface area (Å²) in [4.78, 5) is 4.20. The molecule has 1 aliphatic heterocycles. The van der Waals surface area contributed by atoms with Crippen LogP contribution in [0.4, 0.5) is 0 Å². The number of furan rings is 1. The second-order valence-corrected chi connectivity index (χ2v) is 6.84. The van der Waals surface area contributed by atoms with Crippen LogP contribution in [0.3, 0.4) is 0 Å². The molecule has 0 radical (unpaired) electrons. The van der Waals surface area contributed by atoms with Gasteiger partial charge in [0.25, 0.3) is 0 Å². The molecule has 22 heavy (non-hydrogen) atoms. The molecule has 0 aliphatic carbocycles. The minimum Gasteiger partial charge on any atom is -0.466 e. The maximum Gasteiger partial charge on any atom is 0.191 e. The van der Waals surface area contributed by atoms with Crippen LogP contribution in [0.2, 0.25) is 0 Å². The molecule has 2 rings (SSSR count). The molecule has 1 unspecified atom stereocenters. The standard InChI is InChI=1S/C15H25N3O2S.HI/c1-15(19,13-4-3-7-20-13)11-18-14(16-2)17-10-12-5-8-21-9-6-12;/h3-4,7,12,19H,5-6,8-11H2,1-2H3,(H2,16,17,18);1H. The number of hydrogen-bond acceptors (Lipinski definition) is 4. The van der Waals surface area contributed by atoms with Gasteiger partial charge in [-0.3, -0.25) is 4.99 Å². The Kier molecular flexibility index (Phi) is 8.63. The third-order valence-corrected chi connectivity index (χ3v) is 4.82. The SMILES string of the molecule is CN=C(NCC1CCSCC1)NCC(C)(O)c1ccco1.I. The number of nitrogens with zero attached hydrogens (tertiary/aromatic N) is 1. The topological polar surface area (TPSA) is 69.8 Å². The minimum absolute atomic E-state index is 0. The van der Waals surface area contributed by atoms with E-state index in [1.54, 1.807) is 32.4 Å². The van der Waals surface area contributed by atoms with Crippen molar-refractivity contribution in [2.45, 2.75) is 25.4 Å². The fourth-order valence-electron chi connectivity index (χ4n) is 2.34. The maximum atomic E-state index is 10.4. The highest BCUT2D eigenvalue weighted by Gasteiger charge is 2.26.